The molecular formula is C21H23N5O4. The van der Waals surface area contributed by atoms with E-state index in [0.717, 1.165) is 22.0 Å². The molecule has 0 fully saturated rings. The molecule has 0 aliphatic rings. The molecule has 9 nitrogen and oxygen atoms in total. The molecule has 1 aromatic carbocycles. The SMILES string of the molecule is COc1cc(CCC(=O)NCCn2nc3c(C)cc4ccc(C)cc4n3c2=O)on1. The number of hydrogen-bond donors (Lipinski definition) is 1. The molecule has 156 valence electrons. The zero-order chi connectivity index (χ0) is 21.3. The van der Waals surface area contributed by atoms with Gasteiger partial charge in [0.15, 0.2) is 5.65 Å². The van der Waals surface area contributed by atoms with Crippen LogP contribution in [0.1, 0.15) is 23.3 Å². The summed E-state index contributed by atoms with van der Waals surface area (Å²) >= 11 is 0. The Bertz CT molecular complexity index is 1280. The molecule has 30 heavy (non-hydrogen) atoms. The zero-order valence-corrected chi connectivity index (χ0v) is 17.1. The summed E-state index contributed by atoms with van der Waals surface area (Å²) in [5, 5.41) is 12.0. The fraction of sp³-hybridized carbons (Fsp3) is 0.333. The Balaban J connectivity index is 1.44. The van der Waals surface area contributed by atoms with E-state index in [9.17, 15) is 9.59 Å². The van der Waals surface area contributed by atoms with Crippen molar-refractivity contribution in [1.29, 1.82) is 0 Å². The van der Waals surface area contributed by atoms with Gasteiger partial charge in [0.2, 0.25) is 5.91 Å². The molecule has 0 saturated carbocycles. The fourth-order valence-electron chi connectivity index (χ4n) is 3.43. The van der Waals surface area contributed by atoms with Gasteiger partial charge in [-0.2, -0.15) is 0 Å². The van der Waals surface area contributed by atoms with Crippen LogP contribution in [0.15, 0.2) is 39.6 Å². The van der Waals surface area contributed by atoms with Crippen LogP contribution in [-0.4, -0.2) is 38.9 Å². The Morgan fingerprint density at radius 1 is 1.23 bits per heavy atom. The van der Waals surface area contributed by atoms with Gasteiger partial charge in [0.05, 0.1) is 19.2 Å². The van der Waals surface area contributed by atoms with Gasteiger partial charge in [0, 0.05) is 25.5 Å². The largest absolute Gasteiger partial charge is 0.479 e. The molecule has 9 heteroatoms. The number of fused-ring (bicyclic) bond motifs is 3. The van der Waals surface area contributed by atoms with Gasteiger partial charge in [-0.05, 0) is 47.6 Å². The number of aromatic nitrogens is 4. The van der Waals surface area contributed by atoms with E-state index in [-0.39, 0.29) is 24.6 Å². The lowest BCUT2D eigenvalue weighted by molar-refractivity contribution is -0.121. The van der Waals surface area contributed by atoms with Crippen LogP contribution in [0.5, 0.6) is 5.88 Å². The van der Waals surface area contributed by atoms with Gasteiger partial charge in [-0.3, -0.25) is 4.79 Å². The van der Waals surface area contributed by atoms with E-state index in [1.807, 2.05) is 38.1 Å². The lowest BCUT2D eigenvalue weighted by Crippen LogP contribution is -2.31. The van der Waals surface area contributed by atoms with Crippen molar-refractivity contribution in [2.24, 2.45) is 0 Å². The van der Waals surface area contributed by atoms with Crippen molar-refractivity contribution >= 4 is 22.5 Å². The molecule has 0 saturated heterocycles. The quantitative estimate of drug-likeness (QED) is 0.501. The maximum atomic E-state index is 12.9. The van der Waals surface area contributed by atoms with E-state index in [0.29, 0.717) is 30.3 Å². The summed E-state index contributed by atoms with van der Waals surface area (Å²) in [5.41, 5.74) is 3.24. The first-order valence-corrected chi connectivity index (χ1v) is 9.72. The summed E-state index contributed by atoms with van der Waals surface area (Å²) in [5.74, 6) is 0.824. The number of nitrogens with one attached hydrogen (secondary N) is 1. The molecule has 0 unspecified atom stereocenters. The minimum Gasteiger partial charge on any atom is -0.479 e. The molecule has 0 spiro atoms. The Morgan fingerprint density at radius 2 is 2.07 bits per heavy atom. The Kier molecular flexibility index (Phi) is 5.26. The molecule has 0 aliphatic carbocycles. The summed E-state index contributed by atoms with van der Waals surface area (Å²) in [4.78, 5) is 25.0. The van der Waals surface area contributed by atoms with Crippen molar-refractivity contribution in [3.05, 3.63) is 57.7 Å². The van der Waals surface area contributed by atoms with Gasteiger partial charge in [0.1, 0.15) is 5.76 Å². The number of nitrogens with zero attached hydrogens (tertiary/aromatic N) is 4. The van der Waals surface area contributed by atoms with Crippen LogP contribution in [-0.2, 0) is 17.8 Å². The number of carbonyl (C=O) groups excluding carboxylic acids is 1. The zero-order valence-electron chi connectivity index (χ0n) is 17.1. The molecule has 3 heterocycles. The van der Waals surface area contributed by atoms with Gasteiger partial charge in [-0.25, -0.2) is 13.9 Å². The molecule has 1 amide bonds. The van der Waals surface area contributed by atoms with Gasteiger partial charge >= 0.3 is 5.69 Å². The molecule has 4 rings (SSSR count). The Labute approximate surface area is 172 Å². The normalized spacial score (nSPS) is 11.3. The van der Waals surface area contributed by atoms with Crippen molar-refractivity contribution in [2.45, 2.75) is 33.2 Å². The second kappa shape index (κ2) is 8.02. The van der Waals surface area contributed by atoms with Crippen LogP contribution >= 0.6 is 0 Å². The van der Waals surface area contributed by atoms with Crippen molar-refractivity contribution < 1.29 is 14.1 Å². The third kappa shape index (κ3) is 3.78. The topological polar surface area (TPSA) is 104 Å². The van der Waals surface area contributed by atoms with Crippen LogP contribution in [0, 0.1) is 13.8 Å². The monoisotopic (exact) mass is 409 g/mol. The minimum absolute atomic E-state index is 0.139. The van der Waals surface area contributed by atoms with E-state index in [1.54, 1.807) is 10.5 Å². The predicted octanol–water partition coefficient (Wildman–Crippen LogP) is 2.01. The summed E-state index contributed by atoms with van der Waals surface area (Å²) in [6.45, 7) is 4.52. The second-order valence-electron chi connectivity index (χ2n) is 7.24. The number of benzene rings is 1. The van der Waals surface area contributed by atoms with Crippen molar-refractivity contribution in [2.75, 3.05) is 13.7 Å². The van der Waals surface area contributed by atoms with Crippen LogP contribution in [0.2, 0.25) is 0 Å². The third-order valence-corrected chi connectivity index (χ3v) is 4.98. The maximum absolute atomic E-state index is 12.9. The number of amides is 1. The Morgan fingerprint density at radius 3 is 2.83 bits per heavy atom. The summed E-state index contributed by atoms with van der Waals surface area (Å²) in [7, 11) is 1.50. The number of pyridine rings is 1. The van der Waals surface area contributed by atoms with Gasteiger partial charge < -0.3 is 14.6 Å². The van der Waals surface area contributed by atoms with Crippen molar-refractivity contribution in [3.8, 4) is 5.88 Å². The first-order valence-electron chi connectivity index (χ1n) is 9.72. The average Bonchev–Trinajstić information content (AvgIpc) is 3.32. The van der Waals surface area contributed by atoms with Gasteiger partial charge in [-0.15, -0.1) is 5.10 Å². The minimum atomic E-state index is -0.215. The third-order valence-electron chi connectivity index (χ3n) is 4.98. The number of aryl methyl sites for hydroxylation is 3. The number of methoxy groups -OCH3 is 1. The van der Waals surface area contributed by atoms with Gasteiger partial charge in [0.25, 0.3) is 5.88 Å². The molecule has 1 N–H and O–H groups in total. The lowest BCUT2D eigenvalue weighted by atomic mass is 10.1. The first-order chi connectivity index (χ1) is 14.5. The van der Waals surface area contributed by atoms with E-state index in [2.05, 4.69) is 15.6 Å². The highest BCUT2D eigenvalue weighted by Gasteiger charge is 2.13. The molecule has 0 atom stereocenters. The highest BCUT2D eigenvalue weighted by atomic mass is 16.5. The predicted molar refractivity (Wildman–Crippen MR) is 111 cm³/mol. The smallest absolute Gasteiger partial charge is 0.350 e. The fourth-order valence-corrected chi connectivity index (χ4v) is 3.43. The van der Waals surface area contributed by atoms with Crippen LogP contribution in [0.3, 0.4) is 0 Å². The van der Waals surface area contributed by atoms with Gasteiger partial charge in [-0.1, -0.05) is 12.1 Å². The first kappa shape index (κ1) is 19.7. The molecule has 4 aromatic rings. The van der Waals surface area contributed by atoms with Crippen molar-refractivity contribution in [1.82, 2.24) is 24.7 Å². The van der Waals surface area contributed by atoms with E-state index >= 15 is 0 Å². The summed E-state index contributed by atoms with van der Waals surface area (Å²) in [6, 6.07) is 9.69. The highest BCUT2D eigenvalue weighted by molar-refractivity contribution is 5.84. The molecule has 3 aromatic heterocycles. The standard InChI is InChI=1S/C21H23N5O4/c1-13-4-5-15-11-14(2)20-23-25(21(28)26(20)17(15)10-13)9-8-22-18(27)7-6-16-12-19(29-3)24-30-16/h4-5,10-12H,6-9H2,1-3H3,(H,22,27). The second-order valence-corrected chi connectivity index (χ2v) is 7.24. The van der Waals surface area contributed by atoms with E-state index in [1.165, 1.54) is 11.8 Å². The number of carbonyl (C=O) groups is 1. The molecule has 0 bridgehead atoms. The van der Waals surface area contributed by atoms with Crippen molar-refractivity contribution in [3.63, 3.8) is 0 Å². The number of rotatable bonds is 7. The maximum Gasteiger partial charge on any atom is 0.350 e. The average molecular weight is 409 g/mol. The van der Waals surface area contributed by atoms with Crippen LogP contribution in [0.25, 0.3) is 16.6 Å². The molecular weight excluding hydrogens is 386 g/mol. The van der Waals surface area contributed by atoms with E-state index < -0.39 is 0 Å². The van der Waals surface area contributed by atoms with E-state index in [4.69, 9.17) is 9.26 Å². The molecule has 0 radical (unpaired) electrons. The highest BCUT2D eigenvalue weighted by Crippen LogP contribution is 2.19. The number of ether oxygens (including phenoxy) is 1. The lowest BCUT2D eigenvalue weighted by Gasteiger charge is -2.04. The summed E-state index contributed by atoms with van der Waals surface area (Å²) in [6.07, 6.45) is 0.669. The molecule has 0 aliphatic heterocycles. The summed E-state index contributed by atoms with van der Waals surface area (Å²) < 4.78 is 13.0. The number of hydrogen-bond acceptors (Lipinski definition) is 6. The van der Waals surface area contributed by atoms with Crippen LogP contribution < -0.4 is 15.7 Å². The Hall–Kier alpha value is -3.62. The van der Waals surface area contributed by atoms with Crippen LogP contribution in [0.4, 0.5) is 0 Å².